The third-order valence-corrected chi connectivity index (χ3v) is 10.9. The van der Waals surface area contributed by atoms with Gasteiger partial charge in [0.05, 0.1) is 0 Å². The van der Waals surface area contributed by atoms with Gasteiger partial charge in [-0.1, -0.05) is 134 Å². The summed E-state index contributed by atoms with van der Waals surface area (Å²) >= 11 is 1.83. The Balaban J connectivity index is 1.15. The molecule has 47 heavy (non-hydrogen) atoms. The fraction of sp³-hybridized carbons (Fsp3) is 0.0465. The number of benzene rings is 5. The molecule has 0 saturated carbocycles. The first-order chi connectivity index (χ1) is 23.3. The van der Waals surface area contributed by atoms with Crippen LogP contribution in [0.3, 0.4) is 0 Å². The number of fused-ring (bicyclic) bond motifs is 6. The highest BCUT2D eigenvalue weighted by Gasteiger charge is 2.40. The van der Waals surface area contributed by atoms with Crippen LogP contribution >= 0.6 is 11.3 Å². The molecule has 2 unspecified atom stereocenters. The van der Waals surface area contributed by atoms with Gasteiger partial charge in [0, 0.05) is 48.7 Å². The van der Waals surface area contributed by atoms with E-state index in [4.69, 9.17) is 15.0 Å². The highest BCUT2D eigenvalue weighted by Crippen LogP contribution is 2.56. The molecule has 0 amide bonds. The Hall–Kier alpha value is -5.71. The monoisotopic (exact) mass is 617 g/mol. The summed E-state index contributed by atoms with van der Waals surface area (Å²) in [4.78, 5) is 15.1. The van der Waals surface area contributed by atoms with E-state index in [-0.39, 0.29) is 0 Å². The van der Waals surface area contributed by atoms with E-state index in [0.717, 1.165) is 16.7 Å². The molecule has 3 aliphatic rings. The lowest BCUT2D eigenvalue weighted by Gasteiger charge is -2.31. The number of thiophene rings is 1. The smallest absolute Gasteiger partial charge is 0.164 e. The average Bonchev–Trinajstić information content (AvgIpc) is 3.69. The zero-order valence-corrected chi connectivity index (χ0v) is 26.2. The largest absolute Gasteiger partial charge is 0.208 e. The molecule has 0 bridgehead atoms. The first-order valence-corrected chi connectivity index (χ1v) is 16.8. The second-order valence-corrected chi connectivity index (χ2v) is 13.4. The molecule has 2 atom stereocenters. The number of hydrogen-bond donors (Lipinski definition) is 0. The van der Waals surface area contributed by atoms with Crippen molar-refractivity contribution in [1.29, 1.82) is 0 Å². The Morgan fingerprint density at radius 1 is 0.468 bits per heavy atom. The van der Waals surface area contributed by atoms with Gasteiger partial charge in [0.25, 0.3) is 0 Å². The van der Waals surface area contributed by atoms with Crippen molar-refractivity contribution < 1.29 is 0 Å². The maximum Gasteiger partial charge on any atom is 0.164 e. The molecule has 0 fully saturated rings. The molecule has 3 aliphatic carbocycles. The quantitative estimate of drug-likeness (QED) is 0.197. The van der Waals surface area contributed by atoms with Crippen molar-refractivity contribution in [2.75, 3.05) is 0 Å². The van der Waals surface area contributed by atoms with Crippen LogP contribution in [0, 0.1) is 11.8 Å². The summed E-state index contributed by atoms with van der Waals surface area (Å²) in [6.45, 7) is 0. The predicted molar refractivity (Wildman–Crippen MR) is 196 cm³/mol. The summed E-state index contributed by atoms with van der Waals surface area (Å²) in [6.07, 6.45) is 11.7. The van der Waals surface area contributed by atoms with Gasteiger partial charge in [0.2, 0.25) is 0 Å². The van der Waals surface area contributed by atoms with Crippen molar-refractivity contribution in [3.8, 4) is 34.2 Å². The lowest BCUT2D eigenvalue weighted by atomic mass is 9.72. The van der Waals surface area contributed by atoms with Crippen LogP contribution in [0.25, 0.3) is 71.1 Å². The molecule has 0 N–H and O–H groups in total. The maximum atomic E-state index is 5.09. The van der Waals surface area contributed by atoms with E-state index in [0.29, 0.717) is 29.3 Å². The third-order valence-electron chi connectivity index (χ3n) is 9.74. The standard InChI is InChI=1S/C43H27N3S/c1-3-11-26(12-4-1)41-44-42(27-13-5-2-6-14-27)46-43(45-41)35-19-10-20-38-40(35)36-25-28(21-24-37(36)47-38)29-22-23-34-31-16-8-7-15-30(31)33-18-9-17-32(29)39(33)34/h1-25,32,39H. The van der Waals surface area contributed by atoms with Crippen LogP contribution in [0.4, 0.5) is 0 Å². The van der Waals surface area contributed by atoms with Gasteiger partial charge in [-0.2, -0.15) is 0 Å². The highest BCUT2D eigenvalue weighted by molar-refractivity contribution is 7.25. The molecule has 7 aromatic rings. The van der Waals surface area contributed by atoms with Crippen LogP contribution in [0.5, 0.6) is 0 Å². The molecule has 0 saturated heterocycles. The minimum atomic E-state index is 0.301. The van der Waals surface area contributed by atoms with Gasteiger partial charge in [0.1, 0.15) is 0 Å². The van der Waals surface area contributed by atoms with Gasteiger partial charge in [-0.15, -0.1) is 11.3 Å². The molecular weight excluding hydrogens is 591 g/mol. The summed E-state index contributed by atoms with van der Waals surface area (Å²) in [6, 6.07) is 42.7. The molecule has 0 spiro atoms. The fourth-order valence-electron chi connectivity index (χ4n) is 7.64. The first kappa shape index (κ1) is 26.5. The predicted octanol–water partition coefficient (Wildman–Crippen LogP) is 10.9. The van der Waals surface area contributed by atoms with Crippen LogP contribution in [0.1, 0.15) is 16.7 Å². The zero-order valence-electron chi connectivity index (χ0n) is 25.3. The molecule has 0 radical (unpaired) electrons. The van der Waals surface area contributed by atoms with Crippen molar-refractivity contribution in [2.24, 2.45) is 11.8 Å². The second-order valence-electron chi connectivity index (χ2n) is 12.3. The molecule has 5 aromatic carbocycles. The molecule has 0 aliphatic heterocycles. The number of hydrogen-bond acceptors (Lipinski definition) is 4. The van der Waals surface area contributed by atoms with E-state index >= 15 is 0 Å². The van der Waals surface area contributed by atoms with Crippen LogP contribution < -0.4 is 0 Å². The molecule has 3 nitrogen and oxygen atoms in total. The van der Waals surface area contributed by atoms with Crippen molar-refractivity contribution >= 4 is 48.2 Å². The molecule has 10 rings (SSSR count). The molecule has 4 heteroatoms. The summed E-state index contributed by atoms with van der Waals surface area (Å²) in [5.74, 6) is 2.70. The van der Waals surface area contributed by atoms with E-state index in [9.17, 15) is 0 Å². The molecule has 220 valence electrons. The van der Waals surface area contributed by atoms with Crippen LogP contribution in [-0.4, -0.2) is 15.0 Å². The van der Waals surface area contributed by atoms with E-state index in [1.165, 1.54) is 53.6 Å². The van der Waals surface area contributed by atoms with Crippen LogP contribution in [0.2, 0.25) is 0 Å². The second kappa shape index (κ2) is 10.4. The van der Waals surface area contributed by atoms with Gasteiger partial charge in [-0.25, -0.2) is 15.0 Å². The van der Waals surface area contributed by atoms with Crippen LogP contribution in [0.15, 0.2) is 152 Å². The minimum Gasteiger partial charge on any atom is -0.208 e. The van der Waals surface area contributed by atoms with E-state index < -0.39 is 0 Å². The van der Waals surface area contributed by atoms with E-state index in [1.807, 2.05) is 47.7 Å². The Kier molecular flexibility index (Phi) is 5.87. The topological polar surface area (TPSA) is 38.7 Å². The summed E-state index contributed by atoms with van der Waals surface area (Å²) < 4.78 is 2.49. The normalized spacial score (nSPS) is 17.7. The number of aromatic nitrogens is 3. The minimum absolute atomic E-state index is 0.301. The van der Waals surface area contributed by atoms with Crippen LogP contribution in [-0.2, 0) is 0 Å². The van der Waals surface area contributed by atoms with Gasteiger partial charge in [-0.05, 0) is 51.6 Å². The maximum absolute atomic E-state index is 5.09. The lowest BCUT2D eigenvalue weighted by molar-refractivity contribution is 0.726. The van der Waals surface area contributed by atoms with Crippen molar-refractivity contribution in [3.63, 3.8) is 0 Å². The van der Waals surface area contributed by atoms with Gasteiger partial charge in [-0.3, -0.25) is 0 Å². The Bertz CT molecular complexity index is 2460. The fourth-order valence-corrected chi connectivity index (χ4v) is 8.75. The van der Waals surface area contributed by atoms with E-state index in [2.05, 4.69) is 115 Å². The van der Waals surface area contributed by atoms with Crippen molar-refractivity contribution in [1.82, 2.24) is 15.0 Å². The summed E-state index contributed by atoms with van der Waals surface area (Å²) in [5, 5.41) is 2.43. The van der Waals surface area contributed by atoms with Crippen molar-refractivity contribution in [2.45, 2.75) is 0 Å². The Morgan fingerprint density at radius 3 is 1.81 bits per heavy atom. The lowest BCUT2D eigenvalue weighted by Crippen LogP contribution is -2.18. The highest BCUT2D eigenvalue weighted by atomic mass is 32.1. The first-order valence-electron chi connectivity index (χ1n) is 16.0. The Labute approximate surface area is 276 Å². The van der Waals surface area contributed by atoms with E-state index in [1.54, 1.807) is 0 Å². The van der Waals surface area contributed by atoms with Gasteiger partial charge < -0.3 is 0 Å². The zero-order chi connectivity index (χ0) is 30.9. The number of nitrogens with zero attached hydrogens (tertiary/aromatic N) is 3. The van der Waals surface area contributed by atoms with Gasteiger partial charge in [0.15, 0.2) is 17.5 Å². The number of allylic oxidation sites excluding steroid dienone is 8. The van der Waals surface area contributed by atoms with Gasteiger partial charge >= 0.3 is 0 Å². The summed E-state index contributed by atoms with van der Waals surface area (Å²) in [7, 11) is 0. The molecular formula is C43H27N3S. The summed E-state index contributed by atoms with van der Waals surface area (Å²) in [5.41, 5.74) is 11.2. The average molecular weight is 618 g/mol. The third kappa shape index (κ3) is 4.15. The Morgan fingerprint density at radius 2 is 1.09 bits per heavy atom. The molecule has 2 heterocycles. The number of rotatable bonds is 4. The molecule has 2 aromatic heterocycles. The SMILES string of the molecule is C1=CC2C(c3ccc4sc5cccc(-c6nc(-c7ccccc7)nc(-c7ccccc7)n6)c5c4c3)=CC=C3c4ccccc4C(=C1)C32. The van der Waals surface area contributed by atoms with Crippen molar-refractivity contribution in [3.05, 3.63) is 168 Å².